The lowest BCUT2D eigenvalue weighted by Crippen LogP contribution is -2.19. The van der Waals surface area contributed by atoms with Gasteiger partial charge in [0.05, 0.1) is 0 Å². The van der Waals surface area contributed by atoms with Gasteiger partial charge in [-0.2, -0.15) is 0 Å². The molecule has 9 heteroatoms. The van der Waals surface area contributed by atoms with Crippen molar-refractivity contribution in [3.05, 3.63) is 48.0 Å². The van der Waals surface area contributed by atoms with Gasteiger partial charge in [-0.25, -0.2) is 0 Å². The van der Waals surface area contributed by atoms with Gasteiger partial charge in [0.15, 0.2) is 0 Å². The number of halogens is 6. The molecule has 0 fully saturated rings. The Morgan fingerprint density at radius 2 is 1.38 bits per heavy atom. The number of rotatable bonds is 4. The second-order valence-corrected chi connectivity index (χ2v) is 4.62. The standard InChI is InChI=1S/C15H11F6NO2/c16-14(17,18)23-12-4-2-1-3-11(12)9-5-6-10(8-22)13(7-9)24-15(19,20)21/h1-7H,8,22H2. The van der Waals surface area contributed by atoms with Crippen molar-refractivity contribution >= 4 is 0 Å². The zero-order valence-electron chi connectivity index (χ0n) is 11.9. The molecule has 0 atom stereocenters. The Balaban J connectivity index is 2.48. The maximum atomic E-state index is 12.5. The van der Waals surface area contributed by atoms with E-state index < -0.39 is 24.2 Å². The average Bonchev–Trinajstić information content (AvgIpc) is 2.44. The third-order valence-electron chi connectivity index (χ3n) is 2.94. The first kappa shape index (κ1) is 17.9. The van der Waals surface area contributed by atoms with Gasteiger partial charge in [0.1, 0.15) is 11.5 Å². The molecule has 0 radical (unpaired) electrons. The molecule has 0 spiro atoms. The molecule has 0 heterocycles. The number of hydrogen-bond donors (Lipinski definition) is 1. The van der Waals surface area contributed by atoms with E-state index in [1.54, 1.807) is 0 Å². The summed E-state index contributed by atoms with van der Waals surface area (Å²) in [7, 11) is 0. The van der Waals surface area contributed by atoms with E-state index in [1.165, 1.54) is 30.3 Å². The fourth-order valence-corrected chi connectivity index (χ4v) is 2.03. The predicted octanol–water partition coefficient (Wildman–Crippen LogP) is 4.61. The van der Waals surface area contributed by atoms with Gasteiger partial charge in [0.25, 0.3) is 0 Å². The normalized spacial score (nSPS) is 12.1. The van der Waals surface area contributed by atoms with Gasteiger partial charge in [0, 0.05) is 17.7 Å². The van der Waals surface area contributed by atoms with Crippen molar-refractivity contribution in [1.29, 1.82) is 0 Å². The molecule has 0 amide bonds. The molecule has 2 aromatic carbocycles. The lowest BCUT2D eigenvalue weighted by atomic mass is 10.0. The lowest BCUT2D eigenvalue weighted by molar-refractivity contribution is -0.275. The van der Waals surface area contributed by atoms with Crippen LogP contribution in [0.2, 0.25) is 0 Å². The molecule has 2 aromatic rings. The van der Waals surface area contributed by atoms with Gasteiger partial charge in [-0.15, -0.1) is 26.3 Å². The van der Waals surface area contributed by atoms with Gasteiger partial charge < -0.3 is 15.2 Å². The first-order valence-electron chi connectivity index (χ1n) is 6.53. The monoisotopic (exact) mass is 351 g/mol. The van der Waals surface area contributed by atoms with Crippen LogP contribution < -0.4 is 15.2 Å². The van der Waals surface area contributed by atoms with Crippen LogP contribution in [0.25, 0.3) is 11.1 Å². The van der Waals surface area contributed by atoms with E-state index in [4.69, 9.17) is 5.73 Å². The summed E-state index contributed by atoms with van der Waals surface area (Å²) in [6.07, 6.45) is -9.89. The van der Waals surface area contributed by atoms with E-state index >= 15 is 0 Å². The SMILES string of the molecule is NCc1ccc(-c2ccccc2OC(F)(F)F)cc1OC(F)(F)F. The van der Waals surface area contributed by atoms with E-state index in [1.807, 2.05) is 0 Å². The summed E-state index contributed by atoms with van der Waals surface area (Å²) >= 11 is 0. The van der Waals surface area contributed by atoms with Gasteiger partial charge in [-0.05, 0) is 17.7 Å². The molecule has 0 bridgehead atoms. The Kier molecular flexibility index (Phi) is 4.93. The molecule has 2 rings (SSSR count). The van der Waals surface area contributed by atoms with E-state index in [-0.39, 0.29) is 23.2 Å². The number of nitrogens with two attached hydrogens (primary N) is 1. The highest BCUT2D eigenvalue weighted by Crippen LogP contribution is 2.37. The van der Waals surface area contributed by atoms with E-state index in [2.05, 4.69) is 9.47 Å². The van der Waals surface area contributed by atoms with Crippen LogP contribution in [0.1, 0.15) is 5.56 Å². The fourth-order valence-electron chi connectivity index (χ4n) is 2.03. The summed E-state index contributed by atoms with van der Waals surface area (Å²) in [5, 5.41) is 0. The number of hydrogen-bond acceptors (Lipinski definition) is 3. The van der Waals surface area contributed by atoms with Crippen LogP contribution in [-0.2, 0) is 6.54 Å². The van der Waals surface area contributed by atoms with Crippen LogP contribution in [0, 0.1) is 0 Å². The van der Waals surface area contributed by atoms with Crippen LogP contribution in [0.4, 0.5) is 26.3 Å². The highest BCUT2D eigenvalue weighted by molar-refractivity contribution is 5.72. The number of para-hydroxylation sites is 1. The summed E-state index contributed by atoms with van der Waals surface area (Å²) in [5.74, 6) is -1.12. The number of ether oxygens (including phenoxy) is 2. The summed E-state index contributed by atoms with van der Waals surface area (Å²) in [5.41, 5.74) is 5.44. The molecular weight excluding hydrogens is 340 g/mol. The molecule has 0 saturated heterocycles. The zero-order valence-corrected chi connectivity index (χ0v) is 11.9. The number of benzene rings is 2. The molecule has 0 unspecified atom stereocenters. The molecular formula is C15H11F6NO2. The van der Waals surface area contributed by atoms with E-state index in [9.17, 15) is 26.3 Å². The van der Waals surface area contributed by atoms with Crippen LogP contribution in [0.15, 0.2) is 42.5 Å². The smallest absolute Gasteiger partial charge is 0.405 e. The highest BCUT2D eigenvalue weighted by Gasteiger charge is 2.33. The Morgan fingerprint density at radius 3 is 1.96 bits per heavy atom. The molecule has 0 aliphatic rings. The van der Waals surface area contributed by atoms with Crippen molar-refractivity contribution in [1.82, 2.24) is 0 Å². The van der Waals surface area contributed by atoms with Crippen molar-refractivity contribution in [3.63, 3.8) is 0 Å². The summed E-state index contributed by atoms with van der Waals surface area (Å²) in [6, 6.07) is 8.64. The van der Waals surface area contributed by atoms with E-state index in [0.29, 0.717) is 0 Å². The summed E-state index contributed by atoms with van der Waals surface area (Å²) in [6.45, 7) is -0.230. The lowest BCUT2D eigenvalue weighted by Gasteiger charge is -2.16. The molecule has 24 heavy (non-hydrogen) atoms. The van der Waals surface area contributed by atoms with E-state index in [0.717, 1.165) is 12.1 Å². The Bertz CT molecular complexity index is 712. The zero-order chi connectivity index (χ0) is 18.0. The second-order valence-electron chi connectivity index (χ2n) is 4.62. The van der Waals surface area contributed by atoms with Crippen molar-refractivity contribution in [2.45, 2.75) is 19.3 Å². The van der Waals surface area contributed by atoms with Gasteiger partial charge >= 0.3 is 12.7 Å². The third kappa shape index (κ3) is 4.79. The van der Waals surface area contributed by atoms with Gasteiger partial charge in [-0.1, -0.05) is 30.3 Å². The molecule has 0 aliphatic carbocycles. The minimum absolute atomic E-state index is 0.0366. The maximum absolute atomic E-state index is 12.5. The molecule has 0 aromatic heterocycles. The predicted molar refractivity (Wildman–Crippen MR) is 73.1 cm³/mol. The number of alkyl halides is 6. The van der Waals surface area contributed by atoms with Crippen LogP contribution in [0.5, 0.6) is 11.5 Å². The molecule has 2 N–H and O–H groups in total. The largest absolute Gasteiger partial charge is 0.573 e. The maximum Gasteiger partial charge on any atom is 0.573 e. The van der Waals surface area contributed by atoms with Crippen LogP contribution >= 0.6 is 0 Å². The van der Waals surface area contributed by atoms with Crippen molar-refractivity contribution in [2.24, 2.45) is 5.73 Å². The topological polar surface area (TPSA) is 44.5 Å². The second kappa shape index (κ2) is 6.60. The Hall–Kier alpha value is -2.42. The molecule has 130 valence electrons. The minimum Gasteiger partial charge on any atom is -0.405 e. The minimum atomic E-state index is -4.95. The highest BCUT2D eigenvalue weighted by atomic mass is 19.4. The first-order valence-corrected chi connectivity index (χ1v) is 6.53. The van der Waals surface area contributed by atoms with Crippen LogP contribution in [0.3, 0.4) is 0 Å². The van der Waals surface area contributed by atoms with Gasteiger partial charge in [0.2, 0.25) is 0 Å². The van der Waals surface area contributed by atoms with Gasteiger partial charge in [-0.3, -0.25) is 0 Å². The first-order chi connectivity index (χ1) is 11.1. The van der Waals surface area contributed by atoms with Crippen molar-refractivity contribution < 1.29 is 35.8 Å². The van der Waals surface area contributed by atoms with Crippen molar-refractivity contribution in [3.8, 4) is 22.6 Å². The molecule has 0 aliphatic heterocycles. The Labute approximate surface area is 132 Å². The molecule has 0 saturated carbocycles. The fraction of sp³-hybridized carbons (Fsp3) is 0.200. The third-order valence-corrected chi connectivity index (χ3v) is 2.94. The van der Waals surface area contributed by atoms with Crippen molar-refractivity contribution in [2.75, 3.05) is 0 Å². The summed E-state index contributed by atoms with van der Waals surface area (Å²) in [4.78, 5) is 0. The van der Waals surface area contributed by atoms with Crippen LogP contribution in [-0.4, -0.2) is 12.7 Å². The quantitative estimate of drug-likeness (QED) is 0.818. The summed E-state index contributed by atoms with van der Waals surface area (Å²) < 4.78 is 82.5. The Morgan fingerprint density at radius 1 is 0.792 bits per heavy atom. The average molecular weight is 351 g/mol. The molecule has 3 nitrogen and oxygen atoms in total.